The second kappa shape index (κ2) is 5.76. The summed E-state index contributed by atoms with van der Waals surface area (Å²) in [4.78, 5) is 0. The monoisotopic (exact) mass is 369 g/mol. The van der Waals surface area contributed by atoms with Crippen molar-refractivity contribution in [2.75, 3.05) is 5.32 Å². The molecule has 2 N–H and O–H groups in total. The van der Waals surface area contributed by atoms with Crippen molar-refractivity contribution in [1.82, 2.24) is 0 Å². The van der Waals surface area contributed by atoms with Gasteiger partial charge in [0.25, 0.3) is 0 Å². The van der Waals surface area contributed by atoms with Gasteiger partial charge in [0.15, 0.2) is 0 Å². The molecule has 2 nitrogen and oxygen atoms in total. The van der Waals surface area contributed by atoms with E-state index in [4.69, 9.17) is 0 Å². The number of benzene rings is 2. The standard InChI is InChI=1S/C14H13Br2NO/c1-9-2-4-12(5-3-9)17-8-10-6-11(15)7-13(16)14(10)18/h2-7,17-18H,8H2,1H3. The van der Waals surface area contributed by atoms with Crippen LogP contribution in [-0.4, -0.2) is 5.11 Å². The van der Waals surface area contributed by atoms with E-state index in [-0.39, 0.29) is 5.75 Å². The molecule has 2 aromatic carbocycles. The van der Waals surface area contributed by atoms with Crippen molar-refractivity contribution in [2.45, 2.75) is 13.5 Å². The molecule has 0 bridgehead atoms. The fourth-order valence-electron chi connectivity index (χ4n) is 1.62. The van der Waals surface area contributed by atoms with Crippen molar-refractivity contribution >= 4 is 37.5 Å². The largest absolute Gasteiger partial charge is 0.506 e. The summed E-state index contributed by atoms with van der Waals surface area (Å²) in [5.41, 5.74) is 3.11. The predicted molar refractivity (Wildman–Crippen MR) is 82.0 cm³/mol. The highest BCUT2D eigenvalue weighted by Gasteiger charge is 2.07. The SMILES string of the molecule is Cc1ccc(NCc2cc(Br)cc(Br)c2O)cc1. The van der Waals surface area contributed by atoms with E-state index in [1.54, 1.807) is 0 Å². The Balaban J connectivity index is 2.13. The van der Waals surface area contributed by atoms with E-state index in [0.717, 1.165) is 15.7 Å². The van der Waals surface area contributed by atoms with Gasteiger partial charge in [0.1, 0.15) is 5.75 Å². The topological polar surface area (TPSA) is 32.3 Å². The maximum absolute atomic E-state index is 9.94. The third-order valence-corrected chi connectivity index (χ3v) is 3.70. The van der Waals surface area contributed by atoms with Gasteiger partial charge in [-0.1, -0.05) is 33.6 Å². The molecule has 0 saturated heterocycles. The molecule has 0 spiro atoms. The summed E-state index contributed by atoms with van der Waals surface area (Å²) in [6.07, 6.45) is 0. The van der Waals surface area contributed by atoms with Crippen LogP contribution in [0.3, 0.4) is 0 Å². The number of halogens is 2. The van der Waals surface area contributed by atoms with Crippen molar-refractivity contribution in [1.29, 1.82) is 0 Å². The Morgan fingerprint density at radius 2 is 1.78 bits per heavy atom. The Labute approximate surface area is 123 Å². The molecule has 0 atom stereocenters. The van der Waals surface area contributed by atoms with E-state index >= 15 is 0 Å². The number of phenols is 1. The van der Waals surface area contributed by atoms with Crippen LogP contribution in [0.4, 0.5) is 5.69 Å². The molecule has 0 unspecified atom stereocenters. The van der Waals surface area contributed by atoms with Gasteiger partial charge in [-0.3, -0.25) is 0 Å². The minimum absolute atomic E-state index is 0.276. The number of aryl methyl sites for hydroxylation is 1. The van der Waals surface area contributed by atoms with Gasteiger partial charge in [0.05, 0.1) is 4.47 Å². The van der Waals surface area contributed by atoms with Gasteiger partial charge < -0.3 is 10.4 Å². The van der Waals surface area contributed by atoms with Gasteiger partial charge >= 0.3 is 0 Å². The first-order valence-electron chi connectivity index (χ1n) is 5.53. The number of anilines is 1. The summed E-state index contributed by atoms with van der Waals surface area (Å²) in [7, 11) is 0. The summed E-state index contributed by atoms with van der Waals surface area (Å²) >= 11 is 6.74. The Bertz CT molecular complexity index is 552. The zero-order valence-electron chi connectivity index (χ0n) is 9.87. The quantitative estimate of drug-likeness (QED) is 0.810. The molecule has 2 aromatic rings. The molecule has 4 heteroatoms. The summed E-state index contributed by atoms with van der Waals surface area (Å²) in [5, 5.41) is 13.2. The number of aromatic hydroxyl groups is 1. The summed E-state index contributed by atoms with van der Waals surface area (Å²) in [6.45, 7) is 2.63. The zero-order chi connectivity index (χ0) is 13.1. The molecule has 0 saturated carbocycles. The van der Waals surface area contributed by atoms with Crippen molar-refractivity contribution in [3.8, 4) is 5.75 Å². The van der Waals surface area contributed by atoms with E-state index in [1.807, 2.05) is 24.3 Å². The maximum atomic E-state index is 9.94. The lowest BCUT2D eigenvalue weighted by Gasteiger charge is -2.10. The van der Waals surface area contributed by atoms with Crippen LogP contribution in [0.1, 0.15) is 11.1 Å². The number of phenolic OH excluding ortho intramolecular Hbond substituents is 1. The fraction of sp³-hybridized carbons (Fsp3) is 0.143. The molecule has 0 amide bonds. The molecule has 0 heterocycles. The number of hydrogen-bond acceptors (Lipinski definition) is 2. The molecule has 0 aliphatic rings. The molecule has 2 rings (SSSR count). The summed E-state index contributed by atoms with van der Waals surface area (Å²) < 4.78 is 1.63. The Hall–Kier alpha value is -1.00. The van der Waals surface area contributed by atoms with E-state index in [1.165, 1.54) is 5.56 Å². The maximum Gasteiger partial charge on any atom is 0.134 e. The first kappa shape index (κ1) is 13.4. The minimum atomic E-state index is 0.276. The second-order valence-electron chi connectivity index (χ2n) is 4.11. The second-order valence-corrected chi connectivity index (χ2v) is 5.88. The van der Waals surface area contributed by atoms with E-state index in [9.17, 15) is 5.11 Å². The van der Waals surface area contributed by atoms with Gasteiger partial charge in [0, 0.05) is 22.3 Å². The third-order valence-electron chi connectivity index (χ3n) is 2.64. The average molecular weight is 371 g/mol. The molecule has 0 radical (unpaired) electrons. The number of nitrogens with one attached hydrogen (secondary N) is 1. The highest BCUT2D eigenvalue weighted by molar-refractivity contribution is 9.11. The highest BCUT2D eigenvalue weighted by atomic mass is 79.9. The van der Waals surface area contributed by atoms with Crippen molar-refractivity contribution in [2.24, 2.45) is 0 Å². The van der Waals surface area contributed by atoms with Gasteiger partial charge in [0.2, 0.25) is 0 Å². The van der Waals surface area contributed by atoms with Gasteiger partial charge in [-0.15, -0.1) is 0 Å². The van der Waals surface area contributed by atoms with Crippen molar-refractivity contribution in [3.05, 3.63) is 56.5 Å². The first-order valence-corrected chi connectivity index (χ1v) is 7.12. The normalized spacial score (nSPS) is 10.4. The zero-order valence-corrected chi connectivity index (χ0v) is 13.0. The van der Waals surface area contributed by atoms with Crippen LogP contribution in [0.25, 0.3) is 0 Å². The Kier molecular flexibility index (Phi) is 4.30. The van der Waals surface area contributed by atoms with Crippen LogP contribution in [0.15, 0.2) is 45.3 Å². The average Bonchev–Trinajstić information content (AvgIpc) is 2.34. The van der Waals surface area contributed by atoms with Crippen LogP contribution >= 0.6 is 31.9 Å². The predicted octanol–water partition coefficient (Wildman–Crippen LogP) is 4.84. The van der Waals surface area contributed by atoms with Crippen LogP contribution < -0.4 is 5.32 Å². The Morgan fingerprint density at radius 3 is 2.44 bits per heavy atom. The molecular formula is C14H13Br2NO. The van der Waals surface area contributed by atoms with Gasteiger partial charge in [-0.2, -0.15) is 0 Å². The van der Waals surface area contributed by atoms with Crippen LogP contribution in [0, 0.1) is 6.92 Å². The van der Waals surface area contributed by atoms with Crippen LogP contribution in [0.5, 0.6) is 5.75 Å². The molecule has 0 fully saturated rings. The lowest BCUT2D eigenvalue weighted by Crippen LogP contribution is -2.00. The fourth-order valence-corrected chi connectivity index (χ4v) is 2.94. The van der Waals surface area contributed by atoms with Gasteiger partial charge in [-0.05, 0) is 47.1 Å². The minimum Gasteiger partial charge on any atom is -0.506 e. The van der Waals surface area contributed by atoms with E-state index in [2.05, 4.69) is 56.2 Å². The summed E-state index contributed by atoms with van der Waals surface area (Å²) in [6, 6.07) is 11.9. The van der Waals surface area contributed by atoms with Gasteiger partial charge in [-0.25, -0.2) is 0 Å². The molecule has 18 heavy (non-hydrogen) atoms. The molecule has 0 aromatic heterocycles. The van der Waals surface area contributed by atoms with Crippen molar-refractivity contribution in [3.63, 3.8) is 0 Å². The lowest BCUT2D eigenvalue weighted by atomic mass is 10.2. The summed E-state index contributed by atoms with van der Waals surface area (Å²) in [5.74, 6) is 0.276. The highest BCUT2D eigenvalue weighted by Crippen LogP contribution is 2.32. The number of hydrogen-bond donors (Lipinski definition) is 2. The molecular weight excluding hydrogens is 358 g/mol. The van der Waals surface area contributed by atoms with Crippen LogP contribution in [-0.2, 0) is 6.54 Å². The molecule has 0 aliphatic carbocycles. The van der Waals surface area contributed by atoms with Crippen LogP contribution in [0.2, 0.25) is 0 Å². The van der Waals surface area contributed by atoms with E-state index in [0.29, 0.717) is 11.0 Å². The molecule has 94 valence electrons. The third kappa shape index (κ3) is 3.27. The Morgan fingerprint density at radius 1 is 1.11 bits per heavy atom. The molecule has 0 aliphatic heterocycles. The number of rotatable bonds is 3. The lowest BCUT2D eigenvalue weighted by molar-refractivity contribution is 0.465. The first-order chi connectivity index (χ1) is 8.56. The van der Waals surface area contributed by atoms with E-state index < -0.39 is 0 Å². The van der Waals surface area contributed by atoms with Crippen molar-refractivity contribution < 1.29 is 5.11 Å². The smallest absolute Gasteiger partial charge is 0.134 e.